The van der Waals surface area contributed by atoms with Crippen LogP contribution in [0.3, 0.4) is 0 Å². The molecule has 5 heteroatoms. The lowest BCUT2D eigenvalue weighted by Gasteiger charge is -2.27. The Morgan fingerprint density at radius 1 is 1.33 bits per heavy atom. The van der Waals surface area contributed by atoms with Crippen LogP contribution in [-0.2, 0) is 0 Å². The molecule has 0 bridgehead atoms. The van der Waals surface area contributed by atoms with Gasteiger partial charge in [0, 0.05) is 10.7 Å². The van der Waals surface area contributed by atoms with E-state index in [-0.39, 0.29) is 5.92 Å². The van der Waals surface area contributed by atoms with Gasteiger partial charge in [0.1, 0.15) is 0 Å². The molecule has 24 heavy (non-hydrogen) atoms. The van der Waals surface area contributed by atoms with Gasteiger partial charge in [-0.1, -0.05) is 11.6 Å². The normalized spacial score (nSPS) is 23.5. The largest absolute Gasteiger partial charge is 0.454 e. The minimum atomic E-state index is -0.839. The molecule has 1 fully saturated rings. The lowest BCUT2D eigenvalue weighted by Crippen LogP contribution is -2.30. The van der Waals surface area contributed by atoms with Gasteiger partial charge in [-0.25, -0.2) is 0 Å². The summed E-state index contributed by atoms with van der Waals surface area (Å²) in [4.78, 5) is 0. The summed E-state index contributed by atoms with van der Waals surface area (Å²) >= 11 is 3.36. The maximum Gasteiger partial charge on any atom is 0.231 e. The maximum atomic E-state index is 11.4. The lowest BCUT2D eigenvalue weighted by atomic mass is 9.88. The summed E-state index contributed by atoms with van der Waals surface area (Å²) in [5.74, 6) is 2.18. The smallest absolute Gasteiger partial charge is 0.231 e. The minimum absolute atomic E-state index is 0.212. The molecule has 1 aliphatic heterocycles. The van der Waals surface area contributed by atoms with E-state index >= 15 is 0 Å². The second-order valence-electron chi connectivity index (χ2n) is 6.56. The van der Waals surface area contributed by atoms with Gasteiger partial charge in [0.25, 0.3) is 0 Å². The predicted octanol–water partition coefficient (Wildman–Crippen LogP) is 4.78. The van der Waals surface area contributed by atoms with E-state index in [2.05, 4.69) is 18.7 Å². The molecule has 3 atom stereocenters. The molecular formula is C19H24O3S2. The van der Waals surface area contributed by atoms with Gasteiger partial charge < -0.3 is 14.6 Å². The van der Waals surface area contributed by atoms with Gasteiger partial charge in [-0.05, 0) is 61.5 Å². The summed E-state index contributed by atoms with van der Waals surface area (Å²) in [5, 5.41) is 11.4. The van der Waals surface area contributed by atoms with Crippen molar-refractivity contribution in [1.29, 1.82) is 0 Å². The molecule has 0 amide bonds. The second-order valence-corrected chi connectivity index (χ2v) is 8.51. The van der Waals surface area contributed by atoms with Crippen LogP contribution >= 0.6 is 23.5 Å². The van der Waals surface area contributed by atoms with Crippen molar-refractivity contribution in [2.75, 3.05) is 19.3 Å². The Morgan fingerprint density at radius 2 is 2.04 bits per heavy atom. The van der Waals surface area contributed by atoms with Crippen LogP contribution in [0.4, 0.5) is 0 Å². The van der Waals surface area contributed by atoms with Crippen LogP contribution < -0.4 is 9.47 Å². The SMILES string of the molecule is C=C(C)CC(O)(C=C(SC)SC)C1CC1c1ccc2c(c1)OCO2. The Bertz CT molecular complexity index is 665. The van der Waals surface area contributed by atoms with E-state index in [0.29, 0.717) is 19.1 Å². The molecule has 1 aromatic carbocycles. The number of rotatable bonds is 7. The Morgan fingerprint density at radius 3 is 2.71 bits per heavy atom. The van der Waals surface area contributed by atoms with Crippen molar-refractivity contribution >= 4 is 23.5 Å². The third-order valence-corrected chi connectivity index (χ3v) is 6.65. The average molecular weight is 365 g/mol. The second kappa shape index (κ2) is 7.06. The van der Waals surface area contributed by atoms with Crippen LogP contribution in [0, 0.1) is 5.92 Å². The topological polar surface area (TPSA) is 38.7 Å². The number of hydrogen-bond donors (Lipinski definition) is 1. The first-order valence-corrected chi connectivity index (χ1v) is 10.5. The molecule has 1 saturated carbocycles. The Balaban J connectivity index is 1.83. The number of fused-ring (bicyclic) bond motifs is 1. The fraction of sp³-hybridized carbons (Fsp3) is 0.474. The summed E-state index contributed by atoms with van der Waals surface area (Å²) in [6, 6.07) is 6.12. The van der Waals surface area contributed by atoms with E-state index in [4.69, 9.17) is 9.47 Å². The molecule has 3 nitrogen and oxygen atoms in total. The first kappa shape index (κ1) is 17.8. The summed E-state index contributed by atoms with van der Waals surface area (Å²) in [7, 11) is 0. The highest BCUT2D eigenvalue weighted by atomic mass is 32.2. The van der Waals surface area contributed by atoms with Crippen molar-refractivity contribution in [1.82, 2.24) is 0 Å². The van der Waals surface area contributed by atoms with Crippen LogP contribution in [-0.4, -0.2) is 30.0 Å². The number of hydrogen-bond acceptors (Lipinski definition) is 5. The van der Waals surface area contributed by atoms with E-state index < -0.39 is 5.60 Å². The molecule has 2 aliphatic rings. The van der Waals surface area contributed by atoms with Gasteiger partial charge in [0.05, 0.1) is 5.60 Å². The number of thioether (sulfide) groups is 2. The zero-order chi connectivity index (χ0) is 17.3. The number of aliphatic hydroxyl groups is 1. The van der Waals surface area contributed by atoms with Crippen molar-refractivity contribution < 1.29 is 14.6 Å². The van der Waals surface area contributed by atoms with Gasteiger partial charge in [-0.3, -0.25) is 0 Å². The quantitative estimate of drug-likeness (QED) is 0.705. The van der Waals surface area contributed by atoms with Crippen molar-refractivity contribution in [3.63, 3.8) is 0 Å². The molecule has 1 heterocycles. The Labute approximate surface area is 152 Å². The summed E-state index contributed by atoms with van der Waals surface area (Å²) < 4.78 is 12.0. The number of benzene rings is 1. The van der Waals surface area contributed by atoms with Crippen molar-refractivity contribution in [2.24, 2.45) is 5.92 Å². The molecule has 1 aromatic rings. The van der Waals surface area contributed by atoms with Crippen LogP contribution in [0.5, 0.6) is 11.5 Å². The molecule has 0 spiro atoms. The molecular weight excluding hydrogens is 340 g/mol. The van der Waals surface area contributed by atoms with Crippen LogP contribution in [0.1, 0.15) is 31.2 Å². The Kier molecular flexibility index (Phi) is 5.23. The summed E-state index contributed by atoms with van der Waals surface area (Å²) in [6.45, 7) is 6.29. The Hall–Kier alpha value is -1.04. The first-order chi connectivity index (χ1) is 11.5. The van der Waals surface area contributed by atoms with Gasteiger partial charge >= 0.3 is 0 Å². The van der Waals surface area contributed by atoms with Crippen molar-refractivity contribution in [3.8, 4) is 11.5 Å². The molecule has 1 N–H and O–H groups in total. The summed E-state index contributed by atoms with van der Waals surface area (Å²) in [5.41, 5.74) is 1.38. The van der Waals surface area contributed by atoms with E-state index in [1.165, 1.54) is 5.56 Å². The highest BCUT2D eigenvalue weighted by molar-refractivity contribution is 8.21. The molecule has 0 saturated heterocycles. The first-order valence-electron chi connectivity index (χ1n) is 8.04. The minimum Gasteiger partial charge on any atom is -0.454 e. The highest BCUT2D eigenvalue weighted by Gasteiger charge is 2.51. The fourth-order valence-corrected chi connectivity index (χ4v) is 4.75. The van der Waals surface area contributed by atoms with E-state index in [1.807, 2.05) is 31.6 Å². The van der Waals surface area contributed by atoms with Gasteiger partial charge in [0.2, 0.25) is 6.79 Å². The summed E-state index contributed by atoms with van der Waals surface area (Å²) in [6.07, 6.45) is 7.71. The third-order valence-electron chi connectivity index (χ3n) is 4.61. The standard InChI is InChI=1S/C19H24O3S2/c1-12(2)9-19(20,10-18(23-3)24-4)15-8-14(15)13-5-6-16-17(7-13)22-11-21-16/h5-7,10,14-15,20H,1,8-9,11H2,2-4H3. The lowest BCUT2D eigenvalue weighted by molar-refractivity contribution is 0.0657. The highest BCUT2D eigenvalue weighted by Crippen LogP contribution is 2.57. The molecule has 1 aliphatic carbocycles. The zero-order valence-corrected chi connectivity index (χ0v) is 16.0. The molecule has 3 unspecified atom stereocenters. The van der Waals surface area contributed by atoms with Crippen LogP contribution in [0.15, 0.2) is 40.7 Å². The predicted molar refractivity (Wildman–Crippen MR) is 103 cm³/mol. The third kappa shape index (κ3) is 3.63. The fourth-order valence-electron chi connectivity index (χ4n) is 3.44. The van der Waals surface area contributed by atoms with Crippen molar-refractivity contribution in [2.45, 2.75) is 31.3 Å². The molecule has 130 valence electrons. The van der Waals surface area contributed by atoms with Crippen molar-refractivity contribution in [3.05, 3.63) is 46.2 Å². The van der Waals surface area contributed by atoms with Crippen LogP contribution in [0.25, 0.3) is 0 Å². The maximum absolute atomic E-state index is 11.4. The van der Waals surface area contributed by atoms with Gasteiger partial charge in [-0.15, -0.1) is 30.1 Å². The van der Waals surface area contributed by atoms with Crippen LogP contribution in [0.2, 0.25) is 0 Å². The van der Waals surface area contributed by atoms with Gasteiger partial charge in [0.15, 0.2) is 11.5 Å². The zero-order valence-electron chi connectivity index (χ0n) is 14.4. The van der Waals surface area contributed by atoms with Gasteiger partial charge in [-0.2, -0.15) is 0 Å². The van der Waals surface area contributed by atoms with E-state index in [9.17, 15) is 5.11 Å². The van der Waals surface area contributed by atoms with E-state index in [1.54, 1.807) is 23.5 Å². The molecule has 0 radical (unpaired) electrons. The number of ether oxygens (including phenoxy) is 2. The van der Waals surface area contributed by atoms with E-state index in [0.717, 1.165) is 27.7 Å². The molecule has 0 aromatic heterocycles. The molecule has 3 rings (SSSR count). The average Bonchev–Trinajstić information content (AvgIpc) is 3.23. The monoisotopic (exact) mass is 364 g/mol.